The fourth-order valence-electron chi connectivity index (χ4n) is 3.38. The summed E-state index contributed by atoms with van der Waals surface area (Å²) in [6, 6.07) is 7.24. The van der Waals surface area contributed by atoms with Crippen molar-refractivity contribution in [3.8, 4) is 0 Å². The Kier molecular flexibility index (Phi) is 5.95. The molecule has 1 aromatic carbocycles. The van der Waals surface area contributed by atoms with Crippen LogP contribution in [0.25, 0.3) is 0 Å². The number of likely N-dealkylation sites (tertiary alicyclic amines) is 1. The first-order valence-electron chi connectivity index (χ1n) is 7.69. The summed E-state index contributed by atoms with van der Waals surface area (Å²) in [7, 11) is 0. The van der Waals surface area contributed by atoms with E-state index in [1.165, 1.54) is 12.8 Å². The van der Waals surface area contributed by atoms with Crippen LogP contribution in [0, 0.1) is 5.41 Å². The van der Waals surface area contributed by atoms with Gasteiger partial charge in [0.25, 0.3) is 0 Å². The Balaban J connectivity index is 0.00000176. The van der Waals surface area contributed by atoms with E-state index in [9.17, 15) is 4.79 Å². The molecule has 0 radical (unpaired) electrons. The van der Waals surface area contributed by atoms with Crippen molar-refractivity contribution in [2.24, 2.45) is 5.41 Å². The zero-order valence-electron chi connectivity index (χ0n) is 12.6. The number of amides is 2. The largest absolute Gasteiger partial charge is 0.324 e. The molecule has 0 atom stereocenters. The Bertz CT molecular complexity index is 491. The molecule has 0 saturated carbocycles. The van der Waals surface area contributed by atoms with E-state index in [2.05, 4.69) is 10.6 Å². The number of nitrogens with one attached hydrogen (secondary N) is 2. The molecular formula is C16H23Cl2N3O. The van der Waals surface area contributed by atoms with Crippen molar-refractivity contribution >= 4 is 35.7 Å². The second-order valence-electron chi connectivity index (χ2n) is 6.17. The molecule has 6 heteroatoms. The molecule has 2 saturated heterocycles. The van der Waals surface area contributed by atoms with Gasteiger partial charge in [0.1, 0.15) is 0 Å². The van der Waals surface area contributed by atoms with Gasteiger partial charge in [-0.1, -0.05) is 11.6 Å². The normalized spacial score (nSPS) is 20.3. The monoisotopic (exact) mass is 343 g/mol. The zero-order valence-corrected chi connectivity index (χ0v) is 14.2. The predicted molar refractivity (Wildman–Crippen MR) is 93.1 cm³/mol. The van der Waals surface area contributed by atoms with Crippen molar-refractivity contribution in [2.75, 3.05) is 31.5 Å². The summed E-state index contributed by atoms with van der Waals surface area (Å²) in [6.07, 6.45) is 4.75. The molecule has 0 aliphatic carbocycles. The molecule has 2 aliphatic rings. The number of rotatable bonds is 1. The van der Waals surface area contributed by atoms with E-state index in [4.69, 9.17) is 11.6 Å². The lowest BCUT2D eigenvalue weighted by atomic mass is 9.72. The molecule has 1 spiro atoms. The SMILES string of the molecule is Cl.O=C(Nc1ccc(Cl)cc1)N1CCC2(CCNCC2)CC1. The molecule has 2 amide bonds. The highest BCUT2D eigenvalue weighted by Crippen LogP contribution is 2.39. The number of urea groups is 1. The maximum absolute atomic E-state index is 12.3. The number of hydrogen-bond acceptors (Lipinski definition) is 2. The lowest BCUT2D eigenvalue weighted by molar-refractivity contribution is 0.0915. The van der Waals surface area contributed by atoms with Crippen LogP contribution in [0.2, 0.25) is 5.02 Å². The van der Waals surface area contributed by atoms with Crippen LogP contribution in [-0.2, 0) is 0 Å². The van der Waals surface area contributed by atoms with E-state index in [1.807, 2.05) is 17.0 Å². The molecule has 4 nitrogen and oxygen atoms in total. The number of piperidine rings is 2. The Morgan fingerprint density at radius 1 is 1.09 bits per heavy atom. The Morgan fingerprint density at radius 2 is 1.68 bits per heavy atom. The molecule has 3 rings (SSSR count). The Labute approximate surface area is 143 Å². The molecule has 2 aliphatic heterocycles. The summed E-state index contributed by atoms with van der Waals surface area (Å²) < 4.78 is 0. The lowest BCUT2D eigenvalue weighted by Crippen LogP contribution is -2.48. The fraction of sp³-hybridized carbons (Fsp3) is 0.562. The third-order valence-electron chi connectivity index (χ3n) is 4.87. The van der Waals surface area contributed by atoms with Gasteiger partial charge in [-0.05, 0) is 68.5 Å². The van der Waals surface area contributed by atoms with Crippen molar-refractivity contribution in [2.45, 2.75) is 25.7 Å². The van der Waals surface area contributed by atoms with E-state index in [0.29, 0.717) is 10.4 Å². The third kappa shape index (κ3) is 4.06. The number of halogens is 2. The van der Waals surface area contributed by atoms with Gasteiger partial charge in [0.15, 0.2) is 0 Å². The predicted octanol–water partition coefficient (Wildman–Crippen LogP) is 3.76. The average Bonchev–Trinajstić information content (AvgIpc) is 2.51. The van der Waals surface area contributed by atoms with E-state index >= 15 is 0 Å². The standard InChI is InChI=1S/C16H22ClN3O.ClH/c17-13-1-3-14(4-2-13)19-15(21)20-11-7-16(8-12-20)5-9-18-10-6-16;/h1-4,18H,5-12H2,(H,19,21);1H. The minimum Gasteiger partial charge on any atom is -0.324 e. The van der Waals surface area contributed by atoms with Crippen LogP contribution in [0.3, 0.4) is 0 Å². The molecule has 2 heterocycles. The summed E-state index contributed by atoms with van der Waals surface area (Å²) in [4.78, 5) is 14.2. The smallest absolute Gasteiger partial charge is 0.321 e. The molecule has 2 N–H and O–H groups in total. The van der Waals surface area contributed by atoms with Gasteiger partial charge in [-0.3, -0.25) is 0 Å². The van der Waals surface area contributed by atoms with Crippen LogP contribution in [0.1, 0.15) is 25.7 Å². The summed E-state index contributed by atoms with van der Waals surface area (Å²) in [6.45, 7) is 3.97. The topological polar surface area (TPSA) is 44.4 Å². The molecule has 0 unspecified atom stereocenters. The Morgan fingerprint density at radius 3 is 2.27 bits per heavy atom. The van der Waals surface area contributed by atoms with Gasteiger partial charge in [-0.2, -0.15) is 0 Å². The van der Waals surface area contributed by atoms with Crippen molar-refractivity contribution in [1.82, 2.24) is 10.2 Å². The van der Waals surface area contributed by atoms with Crippen LogP contribution in [0.15, 0.2) is 24.3 Å². The van der Waals surface area contributed by atoms with Crippen LogP contribution < -0.4 is 10.6 Å². The van der Waals surface area contributed by atoms with Gasteiger partial charge in [-0.25, -0.2) is 4.79 Å². The average molecular weight is 344 g/mol. The summed E-state index contributed by atoms with van der Waals surface area (Å²) >= 11 is 5.85. The van der Waals surface area contributed by atoms with Crippen LogP contribution in [0.5, 0.6) is 0 Å². The lowest BCUT2D eigenvalue weighted by Gasteiger charge is -2.44. The highest BCUT2D eigenvalue weighted by Gasteiger charge is 2.36. The maximum atomic E-state index is 12.3. The zero-order chi connectivity index (χ0) is 14.7. The van der Waals surface area contributed by atoms with Crippen LogP contribution >= 0.6 is 24.0 Å². The van der Waals surface area contributed by atoms with Crippen molar-refractivity contribution in [1.29, 1.82) is 0 Å². The first-order chi connectivity index (χ1) is 10.2. The van der Waals surface area contributed by atoms with E-state index in [1.54, 1.807) is 12.1 Å². The van der Waals surface area contributed by atoms with Crippen molar-refractivity contribution < 1.29 is 4.79 Å². The summed E-state index contributed by atoms with van der Waals surface area (Å²) in [5, 5.41) is 7.05. The number of nitrogens with zero attached hydrogens (tertiary/aromatic N) is 1. The summed E-state index contributed by atoms with van der Waals surface area (Å²) in [5.41, 5.74) is 1.27. The minimum atomic E-state index is 0. The fourth-order valence-corrected chi connectivity index (χ4v) is 3.50. The highest BCUT2D eigenvalue weighted by molar-refractivity contribution is 6.30. The quantitative estimate of drug-likeness (QED) is 0.815. The first-order valence-corrected chi connectivity index (χ1v) is 8.07. The maximum Gasteiger partial charge on any atom is 0.321 e. The van der Waals surface area contributed by atoms with Gasteiger partial charge in [0.05, 0.1) is 0 Å². The summed E-state index contributed by atoms with van der Waals surface area (Å²) in [5.74, 6) is 0. The first kappa shape index (κ1) is 17.4. The second kappa shape index (κ2) is 7.53. The van der Waals surface area contributed by atoms with Crippen molar-refractivity contribution in [3.63, 3.8) is 0 Å². The van der Waals surface area contributed by atoms with Gasteiger partial charge in [0.2, 0.25) is 0 Å². The highest BCUT2D eigenvalue weighted by atomic mass is 35.5. The molecule has 22 heavy (non-hydrogen) atoms. The van der Waals surface area contributed by atoms with Gasteiger partial charge in [-0.15, -0.1) is 12.4 Å². The van der Waals surface area contributed by atoms with Crippen LogP contribution in [0.4, 0.5) is 10.5 Å². The van der Waals surface area contributed by atoms with E-state index in [0.717, 1.165) is 44.7 Å². The van der Waals surface area contributed by atoms with Crippen molar-refractivity contribution in [3.05, 3.63) is 29.3 Å². The molecular weight excluding hydrogens is 321 g/mol. The molecule has 0 aromatic heterocycles. The van der Waals surface area contributed by atoms with E-state index in [-0.39, 0.29) is 18.4 Å². The van der Waals surface area contributed by atoms with E-state index < -0.39 is 0 Å². The van der Waals surface area contributed by atoms with Gasteiger partial charge >= 0.3 is 6.03 Å². The molecule has 2 fully saturated rings. The number of benzene rings is 1. The second-order valence-corrected chi connectivity index (χ2v) is 6.61. The Hall–Kier alpha value is -0.970. The number of hydrogen-bond donors (Lipinski definition) is 2. The van der Waals surface area contributed by atoms with Gasteiger partial charge < -0.3 is 15.5 Å². The molecule has 1 aromatic rings. The molecule has 122 valence electrons. The molecule has 0 bridgehead atoms. The minimum absolute atomic E-state index is 0. The number of anilines is 1. The number of carbonyl (C=O) groups excluding carboxylic acids is 1. The van der Waals surface area contributed by atoms with Crippen LogP contribution in [-0.4, -0.2) is 37.1 Å². The number of carbonyl (C=O) groups is 1. The third-order valence-corrected chi connectivity index (χ3v) is 5.12. The van der Waals surface area contributed by atoms with Gasteiger partial charge in [0, 0.05) is 23.8 Å².